The Morgan fingerprint density at radius 3 is 2.49 bits per heavy atom. The molecule has 0 aliphatic carbocycles. The summed E-state index contributed by atoms with van der Waals surface area (Å²) < 4.78 is 19.5. The molecule has 0 N–H and O–H groups in total. The zero-order chi connectivity index (χ0) is 24.8. The SMILES string of the molecule is COc1ccccc1OCc1nc2c3c(ncn2n1)Oc1ccc2ccccc2c1[C@@H]3c1ccccc1. The molecule has 7 rings (SSSR count). The topological polar surface area (TPSA) is 70.8 Å². The van der Waals surface area contributed by atoms with Gasteiger partial charge >= 0.3 is 0 Å². The molecule has 0 unspecified atom stereocenters. The van der Waals surface area contributed by atoms with Crippen LogP contribution in [-0.2, 0) is 6.61 Å². The second-order valence-corrected chi connectivity index (χ2v) is 8.84. The maximum absolute atomic E-state index is 6.37. The summed E-state index contributed by atoms with van der Waals surface area (Å²) in [6.45, 7) is 0.188. The van der Waals surface area contributed by atoms with E-state index in [1.54, 1.807) is 18.0 Å². The van der Waals surface area contributed by atoms with Crippen molar-refractivity contribution in [2.75, 3.05) is 7.11 Å². The minimum atomic E-state index is -0.130. The Hall–Kier alpha value is -4.91. The number of hydrogen-bond acceptors (Lipinski definition) is 6. The van der Waals surface area contributed by atoms with E-state index in [-0.39, 0.29) is 12.5 Å². The summed E-state index contributed by atoms with van der Waals surface area (Å²) in [6.07, 6.45) is 1.64. The Balaban J connectivity index is 1.38. The lowest BCUT2D eigenvalue weighted by molar-refractivity contribution is 0.276. The summed E-state index contributed by atoms with van der Waals surface area (Å²) in [5.74, 6) is 3.04. The molecule has 1 atom stereocenters. The summed E-state index contributed by atoms with van der Waals surface area (Å²) in [5.41, 5.74) is 3.81. The molecule has 0 radical (unpaired) electrons. The highest BCUT2D eigenvalue weighted by Crippen LogP contribution is 2.50. The molecule has 0 spiro atoms. The fraction of sp³-hybridized carbons (Fsp3) is 0.100. The average molecular weight is 487 g/mol. The average Bonchev–Trinajstić information content (AvgIpc) is 3.39. The molecule has 0 saturated carbocycles. The minimum absolute atomic E-state index is 0.130. The van der Waals surface area contributed by atoms with Crippen LogP contribution in [-0.4, -0.2) is 26.7 Å². The van der Waals surface area contributed by atoms with E-state index in [2.05, 4.69) is 64.7 Å². The molecular formula is C30H22N4O3. The van der Waals surface area contributed by atoms with Gasteiger partial charge in [0.05, 0.1) is 12.7 Å². The number of aromatic nitrogens is 4. The highest BCUT2D eigenvalue weighted by molar-refractivity contribution is 5.90. The van der Waals surface area contributed by atoms with Crippen molar-refractivity contribution in [1.82, 2.24) is 19.6 Å². The van der Waals surface area contributed by atoms with E-state index in [1.807, 2.05) is 36.4 Å². The predicted octanol–water partition coefficient (Wildman–Crippen LogP) is 6.15. The molecule has 180 valence electrons. The monoisotopic (exact) mass is 486 g/mol. The van der Waals surface area contributed by atoms with Crippen molar-refractivity contribution < 1.29 is 14.2 Å². The highest BCUT2D eigenvalue weighted by Gasteiger charge is 2.34. The fourth-order valence-corrected chi connectivity index (χ4v) is 5.07. The van der Waals surface area contributed by atoms with Crippen molar-refractivity contribution in [3.8, 4) is 23.1 Å². The Morgan fingerprint density at radius 1 is 0.838 bits per heavy atom. The number of fused-ring (bicyclic) bond motifs is 6. The lowest BCUT2D eigenvalue weighted by Crippen LogP contribution is -2.15. The normalized spacial score (nSPS) is 14.1. The van der Waals surface area contributed by atoms with Gasteiger partial charge in [0.2, 0.25) is 5.88 Å². The predicted molar refractivity (Wildman–Crippen MR) is 140 cm³/mol. The van der Waals surface area contributed by atoms with E-state index >= 15 is 0 Å². The number of benzene rings is 4. The number of ether oxygens (including phenoxy) is 3. The van der Waals surface area contributed by atoms with E-state index in [0.717, 1.165) is 33.2 Å². The number of methoxy groups -OCH3 is 1. The molecule has 0 fully saturated rings. The van der Waals surface area contributed by atoms with Crippen LogP contribution in [0.1, 0.15) is 28.4 Å². The highest BCUT2D eigenvalue weighted by atomic mass is 16.5. The third-order valence-electron chi connectivity index (χ3n) is 6.70. The van der Waals surface area contributed by atoms with Crippen LogP contribution in [0.15, 0.2) is 97.3 Å². The van der Waals surface area contributed by atoms with Crippen molar-refractivity contribution in [1.29, 1.82) is 0 Å². The fourth-order valence-electron chi connectivity index (χ4n) is 5.07. The van der Waals surface area contributed by atoms with Gasteiger partial charge in [-0.25, -0.2) is 14.5 Å². The van der Waals surface area contributed by atoms with Crippen LogP contribution < -0.4 is 14.2 Å². The van der Waals surface area contributed by atoms with Gasteiger partial charge < -0.3 is 14.2 Å². The molecule has 7 nitrogen and oxygen atoms in total. The minimum Gasteiger partial charge on any atom is -0.493 e. The third kappa shape index (κ3) is 3.55. The van der Waals surface area contributed by atoms with Gasteiger partial charge in [-0.3, -0.25) is 0 Å². The van der Waals surface area contributed by atoms with Crippen LogP contribution >= 0.6 is 0 Å². The number of nitrogens with zero attached hydrogens (tertiary/aromatic N) is 4. The van der Waals surface area contributed by atoms with Crippen LogP contribution in [0, 0.1) is 0 Å². The van der Waals surface area contributed by atoms with Crippen LogP contribution in [0.2, 0.25) is 0 Å². The maximum atomic E-state index is 6.37. The summed E-state index contributed by atoms with van der Waals surface area (Å²) >= 11 is 0. The first-order valence-electron chi connectivity index (χ1n) is 12.0. The van der Waals surface area contributed by atoms with Crippen molar-refractivity contribution in [2.45, 2.75) is 12.5 Å². The van der Waals surface area contributed by atoms with Gasteiger partial charge in [-0.15, -0.1) is 5.10 Å². The summed E-state index contributed by atoms with van der Waals surface area (Å²) in [6, 6.07) is 30.4. The molecule has 0 bridgehead atoms. The van der Waals surface area contributed by atoms with Gasteiger partial charge in [-0.1, -0.05) is 72.8 Å². The molecule has 3 heterocycles. The molecule has 4 aromatic carbocycles. The van der Waals surface area contributed by atoms with Gasteiger partial charge in [-0.05, 0) is 34.5 Å². The third-order valence-corrected chi connectivity index (χ3v) is 6.70. The molecule has 1 aliphatic heterocycles. The Bertz CT molecular complexity index is 1760. The second-order valence-electron chi connectivity index (χ2n) is 8.84. The van der Waals surface area contributed by atoms with Gasteiger partial charge in [0.15, 0.2) is 23.0 Å². The van der Waals surface area contributed by atoms with Crippen LogP contribution in [0.3, 0.4) is 0 Å². The van der Waals surface area contributed by atoms with Crippen molar-refractivity contribution in [3.05, 3.63) is 120 Å². The van der Waals surface area contributed by atoms with Gasteiger partial charge in [0, 0.05) is 11.5 Å². The first-order valence-corrected chi connectivity index (χ1v) is 12.0. The zero-order valence-corrected chi connectivity index (χ0v) is 20.0. The lowest BCUT2D eigenvalue weighted by Gasteiger charge is -2.29. The largest absolute Gasteiger partial charge is 0.493 e. The summed E-state index contributed by atoms with van der Waals surface area (Å²) in [4.78, 5) is 9.53. The molecule has 0 amide bonds. The van der Waals surface area contributed by atoms with Crippen LogP contribution in [0.4, 0.5) is 0 Å². The van der Waals surface area contributed by atoms with E-state index in [0.29, 0.717) is 28.9 Å². The molecule has 7 heteroatoms. The van der Waals surface area contributed by atoms with Crippen LogP contribution in [0.25, 0.3) is 16.4 Å². The van der Waals surface area contributed by atoms with E-state index in [1.165, 1.54) is 0 Å². The van der Waals surface area contributed by atoms with E-state index in [4.69, 9.17) is 19.2 Å². The first-order chi connectivity index (χ1) is 18.3. The van der Waals surface area contributed by atoms with E-state index in [9.17, 15) is 0 Å². The van der Waals surface area contributed by atoms with Gasteiger partial charge in [0.1, 0.15) is 18.7 Å². The maximum Gasteiger partial charge on any atom is 0.228 e. The van der Waals surface area contributed by atoms with Crippen molar-refractivity contribution >= 4 is 16.4 Å². The molecular weight excluding hydrogens is 464 g/mol. The Morgan fingerprint density at radius 2 is 1.62 bits per heavy atom. The second kappa shape index (κ2) is 8.64. The van der Waals surface area contributed by atoms with Crippen LogP contribution in [0.5, 0.6) is 23.1 Å². The lowest BCUT2D eigenvalue weighted by atomic mass is 9.81. The Kier molecular flexibility index (Phi) is 4.99. The Labute approximate surface area is 212 Å². The summed E-state index contributed by atoms with van der Waals surface area (Å²) in [7, 11) is 1.62. The van der Waals surface area contributed by atoms with Crippen molar-refractivity contribution in [3.63, 3.8) is 0 Å². The number of hydrogen-bond donors (Lipinski definition) is 0. The van der Waals surface area contributed by atoms with Gasteiger partial charge in [0.25, 0.3) is 0 Å². The summed E-state index contributed by atoms with van der Waals surface area (Å²) in [5, 5.41) is 6.95. The van der Waals surface area contributed by atoms with E-state index < -0.39 is 0 Å². The molecule has 1 aliphatic rings. The van der Waals surface area contributed by atoms with Crippen molar-refractivity contribution in [2.24, 2.45) is 0 Å². The molecule has 0 saturated heterocycles. The molecule has 6 aromatic rings. The zero-order valence-electron chi connectivity index (χ0n) is 20.0. The molecule has 2 aromatic heterocycles. The molecule has 37 heavy (non-hydrogen) atoms. The number of para-hydroxylation sites is 2. The first kappa shape index (κ1) is 21.4. The van der Waals surface area contributed by atoms with Gasteiger partial charge in [-0.2, -0.15) is 0 Å². The number of rotatable bonds is 5. The standard InChI is InChI=1S/C30H22N4O3/c1-35-22-13-7-8-14-23(22)36-17-25-32-29-28-26(20-10-3-2-4-11-20)27-21-12-6-5-9-19(21)15-16-24(27)37-30(28)31-18-34(29)33-25/h2-16,18,26H,17H2,1H3/t26-/m0/s1. The quantitative estimate of drug-likeness (QED) is 0.291. The smallest absolute Gasteiger partial charge is 0.228 e.